The SMILES string of the molecule is C=CCn1c(SCc2ccc(F)cc2)nnc1-c1ccc(OC)cc1. The van der Waals surface area contributed by atoms with E-state index in [9.17, 15) is 4.39 Å². The quantitative estimate of drug-likeness (QED) is 0.460. The number of halogens is 1. The Bertz CT molecular complexity index is 844. The van der Waals surface area contributed by atoms with Gasteiger partial charge in [-0.25, -0.2) is 4.39 Å². The molecule has 0 saturated carbocycles. The van der Waals surface area contributed by atoms with Crippen LogP contribution in [0.2, 0.25) is 0 Å². The van der Waals surface area contributed by atoms with Crippen LogP contribution < -0.4 is 4.74 Å². The maximum Gasteiger partial charge on any atom is 0.192 e. The van der Waals surface area contributed by atoms with Gasteiger partial charge in [-0.2, -0.15) is 0 Å². The number of hydrogen-bond acceptors (Lipinski definition) is 4. The molecule has 0 spiro atoms. The fraction of sp³-hybridized carbons (Fsp3) is 0.158. The van der Waals surface area contributed by atoms with Crippen molar-refractivity contribution in [3.05, 3.63) is 72.6 Å². The van der Waals surface area contributed by atoms with E-state index in [1.165, 1.54) is 12.1 Å². The summed E-state index contributed by atoms with van der Waals surface area (Å²) in [5.74, 6) is 2.04. The number of methoxy groups -OCH3 is 1. The van der Waals surface area contributed by atoms with Crippen molar-refractivity contribution in [3.63, 3.8) is 0 Å². The normalized spacial score (nSPS) is 10.6. The molecule has 1 aromatic heterocycles. The van der Waals surface area contributed by atoms with Gasteiger partial charge in [0.2, 0.25) is 0 Å². The number of benzene rings is 2. The molecule has 6 heteroatoms. The van der Waals surface area contributed by atoms with Gasteiger partial charge in [0, 0.05) is 17.9 Å². The summed E-state index contributed by atoms with van der Waals surface area (Å²) in [5, 5.41) is 9.44. The molecule has 0 aliphatic carbocycles. The lowest BCUT2D eigenvalue weighted by molar-refractivity contribution is 0.415. The van der Waals surface area contributed by atoms with Gasteiger partial charge in [-0.3, -0.25) is 4.57 Å². The molecule has 1 heterocycles. The van der Waals surface area contributed by atoms with E-state index in [0.29, 0.717) is 12.3 Å². The second-order valence-electron chi connectivity index (χ2n) is 5.35. The highest BCUT2D eigenvalue weighted by Gasteiger charge is 2.13. The van der Waals surface area contributed by atoms with Crippen molar-refractivity contribution in [2.75, 3.05) is 7.11 Å². The van der Waals surface area contributed by atoms with Crippen LogP contribution in [0.3, 0.4) is 0 Å². The minimum atomic E-state index is -0.231. The third kappa shape index (κ3) is 4.09. The highest BCUT2D eigenvalue weighted by Crippen LogP contribution is 2.27. The molecule has 3 aromatic rings. The van der Waals surface area contributed by atoms with Gasteiger partial charge in [0.25, 0.3) is 0 Å². The molecule has 128 valence electrons. The first-order chi connectivity index (χ1) is 12.2. The van der Waals surface area contributed by atoms with Crippen LogP contribution in [0, 0.1) is 5.82 Å². The lowest BCUT2D eigenvalue weighted by Gasteiger charge is -2.08. The Morgan fingerprint density at radius 1 is 1.12 bits per heavy atom. The van der Waals surface area contributed by atoms with Crippen molar-refractivity contribution < 1.29 is 9.13 Å². The Morgan fingerprint density at radius 3 is 2.48 bits per heavy atom. The number of rotatable bonds is 7. The molecular formula is C19H18FN3OS. The van der Waals surface area contributed by atoms with Crippen molar-refractivity contribution >= 4 is 11.8 Å². The van der Waals surface area contributed by atoms with Crippen LogP contribution in [0.1, 0.15) is 5.56 Å². The number of thioether (sulfide) groups is 1. The van der Waals surface area contributed by atoms with E-state index >= 15 is 0 Å². The van der Waals surface area contributed by atoms with Crippen molar-refractivity contribution in [1.82, 2.24) is 14.8 Å². The lowest BCUT2D eigenvalue weighted by atomic mass is 10.2. The summed E-state index contributed by atoms with van der Waals surface area (Å²) in [6, 6.07) is 14.2. The molecule has 0 unspecified atom stereocenters. The highest BCUT2D eigenvalue weighted by atomic mass is 32.2. The fourth-order valence-electron chi connectivity index (χ4n) is 2.37. The van der Waals surface area contributed by atoms with E-state index in [2.05, 4.69) is 16.8 Å². The Morgan fingerprint density at radius 2 is 1.84 bits per heavy atom. The van der Waals surface area contributed by atoms with Crippen LogP contribution in [0.15, 0.2) is 66.3 Å². The standard InChI is InChI=1S/C19H18FN3OS/c1-3-12-23-18(15-6-10-17(24-2)11-7-15)21-22-19(23)25-13-14-4-8-16(20)9-5-14/h3-11H,1,12-13H2,2H3. The third-order valence-electron chi connectivity index (χ3n) is 3.66. The molecule has 4 nitrogen and oxygen atoms in total. The second kappa shape index (κ2) is 7.98. The zero-order chi connectivity index (χ0) is 17.6. The molecular weight excluding hydrogens is 337 g/mol. The van der Waals surface area contributed by atoms with E-state index in [4.69, 9.17) is 4.74 Å². The third-order valence-corrected chi connectivity index (χ3v) is 4.70. The summed E-state index contributed by atoms with van der Waals surface area (Å²) in [4.78, 5) is 0. The number of hydrogen-bond donors (Lipinski definition) is 0. The molecule has 0 saturated heterocycles. The van der Waals surface area contributed by atoms with Crippen molar-refractivity contribution in [2.24, 2.45) is 0 Å². The number of allylic oxidation sites excluding steroid dienone is 1. The largest absolute Gasteiger partial charge is 0.497 e. The first-order valence-corrected chi connectivity index (χ1v) is 8.75. The van der Waals surface area contributed by atoms with Gasteiger partial charge in [0.1, 0.15) is 11.6 Å². The zero-order valence-corrected chi connectivity index (χ0v) is 14.7. The van der Waals surface area contributed by atoms with Crippen LogP contribution in [0.25, 0.3) is 11.4 Å². The van der Waals surface area contributed by atoms with Gasteiger partial charge >= 0.3 is 0 Å². The van der Waals surface area contributed by atoms with E-state index in [0.717, 1.165) is 27.9 Å². The summed E-state index contributed by atoms with van der Waals surface area (Å²) in [6.07, 6.45) is 1.82. The van der Waals surface area contributed by atoms with Crippen molar-refractivity contribution in [3.8, 4) is 17.1 Å². The number of nitrogens with zero attached hydrogens (tertiary/aromatic N) is 3. The Hall–Kier alpha value is -2.60. The average molecular weight is 355 g/mol. The van der Waals surface area contributed by atoms with Crippen LogP contribution in [-0.4, -0.2) is 21.9 Å². The maximum atomic E-state index is 13.0. The summed E-state index contributed by atoms with van der Waals surface area (Å²) in [5.41, 5.74) is 1.99. The summed E-state index contributed by atoms with van der Waals surface area (Å²) < 4.78 is 20.2. The van der Waals surface area contributed by atoms with Gasteiger partial charge in [-0.1, -0.05) is 30.0 Å². The molecule has 0 aliphatic heterocycles. The van der Waals surface area contributed by atoms with Gasteiger partial charge in [-0.05, 0) is 42.0 Å². The Labute approximate surface area is 150 Å². The van der Waals surface area contributed by atoms with Gasteiger partial charge in [0.15, 0.2) is 11.0 Å². The first kappa shape index (κ1) is 17.2. The summed E-state index contributed by atoms with van der Waals surface area (Å²) >= 11 is 1.56. The van der Waals surface area contributed by atoms with Crippen molar-refractivity contribution in [2.45, 2.75) is 17.5 Å². The number of aromatic nitrogens is 3. The molecule has 0 fully saturated rings. The molecule has 25 heavy (non-hydrogen) atoms. The van der Waals surface area contributed by atoms with E-state index < -0.39 is 0 Å². The minimum absolute atomic E-state index is 0.231. The van der Waals surface area contributed by atoms with Crippen LogP contribution in [0.4, 0.5) is 4.39 Å². The summed E-state index contributed by atoms with van der Waals surface area (Å²) in [7, 11) is 1.64. The monoisotopic (exact) mass is 355 g/mol. The van der Waals surface area contributed by atoms with Gasteiger partial charge in [-0.15, -0.1) is 16.8 Å². The van der Waals surface area contributed by atoms with Gasteiger partial charge < -0.3 is 4.74 Å². The molecule has 0 radical (unpaired) electrons. The summed E-state index contributed by atoms with van der Waals surface area (Å²) in [6.45, 7) is 4.43. The topological polar surface area (TPSA) is 39.9 Å². The number of ether oxygens (including phenoxy) is 1. The molecule has 0 amide bonds. The smallest absolute Gasteiger partial charge is 0.192 e. The molecule has 2 aromatic carbocycles. The van der Waals surface area contributed by atoms with E-state index in [1.54, 1.807) is 31.0 Å². The predicted octanol–water partition coefficient (Wildman–Crippen LogP) is 4.57. The van der Waals surface area contributed by atoms with Gasteiger partial charge in [0.05, 0.1) is 7.11 Å². The maximum absolute atomic E-state index is 13.0. The predicted molar refractivity (Wildman–Crippen MR) is 98.2 cm³/mol. The zero-order valence-electron chi connectivity index (χ0n) is 13.9. The Balaban J connectivity index is 1.83. The van der Waals surface area contributed by atoms with Crippen LogP contribution >= 0.6 is 11.8 Å². The van der Waals surface area contributed by atoms with Crippen LogP contribution in [0.5, 0.6) is 5.75 Å². The molecule has 3 rings (SSSR count). The molecule has 0 aliphatic rings. The first-order valence-electron chi connectivity index (χ1n) is 7.77. The molecule has 0 bridgehead atoms. The van der Waals surface area contributed by atoms with E-state index in [-0.39, 0.29) is 5.82 Å². The second-order valence-corrected chi connectivity index (χ2v) is 6.29. The molecule has 0 N–H and O–H groups in total. The average Bonchev–Trinajstić information content (AvgIpc) is 3.04. The van der Waals surface area contributed by atoms with Crippen molar-refractivity contribution in [1.29, 1.82) is 0 Å². The molecule has 0 atom stereocenters. The fourth-order valence-corrected chi connectivity index (χ4v) is 3.27. The minimum Gasteiger partial charge on any atom is -0.497 e. The Kier molecular flexibility index (Phi) is 5.50. The van der Waals surface area contributed by atoms with Crippen LogP contribution in [-0.2, 0) is 12.3 Å². The van der Waals surface area contributed by atoms with E-state index in [1.807, 2.05) is 34.9 Å². The highest BCUT2D eigenvalue weighted by molar-refractivity contribution is 7.98. The lowest BCUT2D eigenvalue weighted by Crippen LogP contribution is -2.00.